The van der Waals surface area contributed by atoms with Crippen molar-refractivity contribution < 1.29 is 9.18 Å². The SMILES string of the molecule is O=C1NCCc2c1ncc1c2c(Br)cn1Cc1ccc(F)cc1. The quantitative estimate of drug-likeness (QED) is 0.749. The number of hydrogen-bond donors (Lipinski definition) is 1. The molecule has 0 spiro atoms. The molecule has 1 amide bonds. The van der Waals surface area contributed by atoms with E-state index in [1.165, 1.54) is 12.1 Å². The third kappa shape index (κ3) is 2.43. The van der Waals surface area contributed by atoms with Gasteiger partial charge in [-0.2, -0.15) is 0 Å². The normalized spacial score (nSPS) is 13.9. The van der Waals surface area contributed by atoms with Crippen LogP contribution < -0.4 is 5.32 Å². The smallest absolute Gasteiger partial charge is 0.270 e. The summed E-state index contributed by atoms with van der Waals surface area (Å²) < 4.78 is 16.1. The van der Waals surface area contributed by atoms with Crippen molar-refractivity contribution in [3.05, 3.63) is 63.8 Å². The second kappa shape index (κ2) is 5.45. The maximum atomic E-state index is 13.0. The van der Waals surface area contributed by atoms with Gasteiger partial charge in [0.2, 0.25) is 0 Å². The molecule has 0 atom stereocenters. The number of aromatic nitrogens is 2. The average molecular weight is 374 g/mol. The van der Waals surface area contributed by atoms with Crippen LogP contribution in [-0.2, 0) is 13.0 Å². The van der Waals surface area contributed by atoms with E-state index in [-0.39, 0.29) is 11.7 Å². The molecule has 116 valence electrons. The standard InChI is InChI=1S/C17H13BrFN3O/c18-13-9-22(8-10-1-3-11(19)4-2-10)14-7-21-16-12(15(13)14)5-6-20-17(16)23/h1-4,7,9H,5-6,8H2,(H,20,23). The van der Waals surface area contributed by atoms with Gasteiger partial charge in [-0.1, -0.05) is 12.1 Å². The molecule has 0 aliphatic carbocycles. The monoisotopic (exact) mass is 373 g/mol. The van der Waals surface area contributed by atoms with Crippen molar-refractivity contribution in [2.45, 2.75) is 13.0 Å². The first-order valence-corrected chi connectivity index (χ1v) is 8.11. The molecule has 4 rings (SSSR count). The van der Waals surface area contributed by atoms with Crippen molar-refractivity contribution >= 4 is 32.7 Å². The summed E-state index contributed by atoms with van der Waals surface area (Å²) in [7, 11) is 0. The maximum absolute atomic E-state index is 13.0. The molecule has 4 nitrogen and oxygen atoms in total. The van der Waals surface area contributed by atoms with E-state index in [0.717, 1.165) is 32.9 Å². The molecule has 2 aromatic heterocycles. The number of hydrogen-bond acceptors (Lipinski definition) is 2. The highest BCUT2D eigenvalue weighted by Gasteiger charge is 2.23. The van der Waals surface area contributed by atoms with Crippen molar-refractivity contribution in [2.24, 2.45) is 0 Å². The Labute approximate surface area is 140 Å². The molecule has 6 heteroatoms. The summed E-state index contributed by atoms with van der Waals surface area (Å²) in [5, 5.41) is 3.85. The van der Waals surface area contributed by atoms with Crippen LogP contribution >= 0.6 is 15.9 Å². The summed E-state index contributed by atoms with van der Waals surface area (Å²) >= 11 is 3.60. The van der Waals surface area contributed by atoms with Crippen LogP contribution in [0.4, 0.5) is 4.39 Å². The molecule has 0 radical (unpaired) electrons. The van der Waals surface area contributed by atoms with E-state index in [9.17, 15) is 9.18 Å². The average Bonchev–Trinajstić information content (AvgIpc) is 2.86. The number of rotatable bonds is 2. The molecule has 23 heavy (non-hydrogen) atoms. The van der Waals surface area contributed by atoms with Gasteiger partial charge in [0.1, 0.15) is 11.5 Å². The summed E-state index contributed by atoms with van der Waals surface area (Å²) in [6.45, 7) is 1.25. The van der Waals surface area contributed by atoms with Gasteiger partial charge in [0.05, 0.1) is 11.7 Å². The van der Waals surface area contributed by atoms with E-state index in [1.54, 1.807) is 18.3 Å². The molecular formula is C17H13BrFN3O. The first kappa shape index (κ1) is 14.4. The van der Waals surface area contributed by atoms with Gasteiger partial charge in [-0.05, 0) is 45.6 Å². The van der Waals surface area contributed by atoms with Crippen LogP contribution in [0.15, 0.2) is 41.1 Å². The zero-order valence-electron chi connectivity index (χ0n) is 12.1. The summed E-state index contributed by atoms with van der Waals surface area (Å²) in [5.74, 6) is -0.361. The largest absolute Gasteiger partial charge is 0.350 e. The highest BCUT2D eigenvalue weighted by Crippen LogP contribution is 2.32. The zero-order chi connectivity index (χ0) is 16.0. The lowest BCUT2D eigenvalue weighted by molar-refractivity contribution is 0.0941. The predicted octanol–water partition coefficient (Wildman–Crippen LogP) is 3.27. The van der Waals surface area contributed by atoms with Crippen molar-refractivity contribution in [3.63, 3.8) is 0 Å². The highest BCUT2D eigenvalue weighted by molar-refractivity contribution is 9.10. The molecule has 0 fully saturated rings. The second-order valence-electron chi connectivity index (χ2n) is 5.58. The van der Waals surface area contributed by atoms with Crippen LogP contribution in [-0.4, -0.2) is 22.0 Å². The molecule has 0 unspecified atom stereocenters. The molecule has 0 saturated carbocycles. The number of halogens is 2. The Bertz CT molecular complexity index is 918. The topological polar surface area (TPSA) is 46.9 Å². The molecule has 0 saturated heterocycles. The maximum Gasteiger partial charge on any atom is 0.270 e. The number of amides is 1. The number of carbonyl (C=O) groups is 1. The number of benzene rings is 1. The Balaban J connectivity index is 1.83. The van der Waals surface area contributed by atoms with Gasteiger partial charge in [0.25, 0.3) is 5.91 Å². The van der Waals surface area contributed by atoms with E-state index < -0.39 is 0 Å². The first-order chi connectivity index (χ1) is 11.1. The van der Waals surface area contributed by atoms with Gasteiger partial charge in [0, 0.05) is 29.1 Å². The van der Waals surface area contributed by atoms with Gasteiger partial charge in [0.15, 0.2) is 0 Å². The van der Waals surface area contributed by atoms with Gasteiger partial charge in [-0.3, -0.25) is 4.79 Å². The molecule has 1 aromatic carbocycles. The minimum absolute atomic E-state index is 0.119. The molecule has 1 N–H and O–H groups in total. The molecule has 3 heterocycles. The predicted molar refractivity (Wildman–Crippen MR) is 89.0 cm³/mol. The third-order valence-corrected chi connectivity index (χ3v) is 4.72. The lowest BCUT2D eigenvalue weighted by atomic mass is 10.0. The van der Waals surface area contributed by atoms with Gasteiger partial charge in [-0.25, -0.2) is 9.37 Å². The summed E-state index contributed by atoms with van der Waals surface area (Å²) in [6, 6.07) is 6.46. The summed E-state index contributed by atoms with van der Waals surface area (Å²) in [6.07, 6.45) is 4.49. The van der Waals surface area contributed by atoms with E-state index >= 15 is 0 Å². The zero-order valence-corrected chi connectivity index (χ0v) is 13.7. The number of carbonyl (C=O) groups excluding carboxylic acids is 1. The Morgan fingerprint density at radius 1 is 1.30 bits per heavy atom. The Kier molecular flexibility index (Phi) is 3.41. The third-order valence-electron chi connectivity index (χ3n) is 4.12. The van der Waals surface area contributed by atoms with Crippen LogP contribution in [0.1, 0.15) is 21.6 Å². The summed E-state index contributed by atoms with van der Waals surface area (Å²) in [5.41, 5.74) is 3.46. The Morgan fingerprint density at radius 2 is 2.09 bits per heavy atom. The van der Waals surface area contributed by atoms with Crippen molar-refractivity contribution in [2.75, 3.05) is 6.54 Å². The number of fused-ring (bicyclic) bond motifs is 3. The first-order valence-electron chi connectivity index (χ1n) is 7.32. The number of pyridine rings is 1. The van der Waals surface area contributed by atoms with Gasteiger partial charge >= 0.3 is 0 Å². The fourth-order valence-corrected chi connectivity index (χ4v) is 3.73. The van der Waals surface area contributed by atoms with E-state index in [4.69, 9.17) is 0 Å². The fraction of sp³-hybridized carbons (Fsp3) is 0.176. The highest BCUT2D eigenvalue weighted by atomic mass is 79.9. The van der Waals surface area contributed by atoms with E-state index in [2.05, 4.69) is 30.8 Å². The fourth-order valence-electron chi connectivity index (χ4n) is 3.04. The molecule has 0 bridgehead atoms. The van der Waals surface area contributed by atoms with Gasteiger partial charge in [-0.15, -0.1) is 0 Å². The minimum atomic E-state index is -0.242. The lowest BCUT2D eigenvalue weighted by Crippen LogP contribution is -2.32. The number of nitrogens with one attached hydrogen (secondary N) is 1. The van der Waals surface area contributed by atoms with Crippen LogP contribution in [0.25, 0.3) is 10.9 Å². The molecular weight excluding hydrogens is 361 g/mol. The van der Waals surface area contributed by atoms with Crippen molar-refractivity contribution in [1.29, 1.82) is 0 Å². The van der Waals surface area contributed by atoms with Gasteiger partial charge < -0.3 is 9.88 Å². The Morgan fingerprint density at radius 3 is 2.87 bits per heavy atom. The summed E-state index contributed by atoms with van der Waals surface area (Å²) in [4.78, 5) is 16.3. The van der Waals surface area contributed by atoms with Crippen molar-refractivity contribution in [3.8, 4) is 0 Å². The number of nitrogens with zero attached hydrogens (tertiary/aromatic N) is 2. The molecule has 3 aromatic rings. The van der Waals surface area contributed by atoms with Crippen LogP contribution in [0, 0.1) is 5.82 Å². The van der Waals surface area contributed by atoms with Crippen LogP contribution in [0.3, 0.4) is 0 Å². The lowest BCUT2D eigenvalue weighted by Gasteiger charge is -2.16. The second-order valence-corrected chi connectivity index (χ2v) is 6.44. The molecule has 1 aliphatic heterocycles. The van der Waals surface area contributed by atoms with Crippen molar-refractivity contribution in [1.82, 2.24) is 14.9 Å². The molecule has 1 aliphatic rings. The van der Waals surface area contributed by atoms with E-state index in [0.29, 0.717) is 18.8 Å². The minimum Gasteiger partial charge on any atom is -0.350 e. The Hall–Kier alpha value is -2.21. The van der Waals surface area contributed by atoms with Crippen LogP contribution in [0.5, 0.6) is 0 Å². The van der Waals surface area contributed by atoms with E-state index in [1.807, 2.05) is 6.20 Å². The van der Waals surface area contributed by atoms with Crippen LogP contribution in [0.2, 0.25) is 0 Å².